The van der Waals surface area contributed by atoms with E-state index in [-0.39, 0.29) is 6.61 Å². The van der Waals surface area contributed by atoms with Gasteiger partial charge in [0.2, 0.25) is 0 Å². The number of aliphatic hydroxyl groups is 1. The Morgan fingerprint density at radius 3 is 2.53 bits per heavy atom. The SMILES string of the molecule is CCNC(=NCc1ccc(C)cc1)NCCO. The van der Waals surface area contributed by atoms with Crippen molar-refractivity contribution in [2.75, 3.05) is 19.7 Å². The van der Waals surface area contributed by atoms with Gasteiger partial charge in [0.1, 0.15) is 0 Å². The van der Waals surface area contributed by atoms with Gasteiger partial charge in [-0.05, 0) is 19.4 Å². The van der Waals surface area contributed by atoms with Gasteiger partial charge in [-0.3, -0.25) is 0 Å². The third kappa shape index (κ3) is 5.36. The Kier molecular flexibility index (Phi) is 6.10. The first kappa shape index (κ1) is 13.5. The van der Waals surface area contributed by atoms with Gasteiger partial charge < -0.3 is 15.7 Å². The van der Waals surface area contributed by atoms with E-state index >= 15 is 0 Å². The molecule has 94 valence electrons. The molecule has 0 unspecified atom stereocenters. The number of aliphatic imine (C=N–C) groups is 1. The van der Waals surface area contributed by atoms with Crippen molar-refractivity contribution in [1.29, 1.82) is 0 Å². The number of hydrogen-bond acceptors (Lipinski definition) is 2. The first-order valence-corrected chi connectivity index (χ1v) is 5.95. The molecule has 0 aliphatic carbocycles. The second-order valence-corrected chi connectivity index (χ2v) is 3.83. The fourth-order valence-corrected chi connectivity index (χ4v) is 1.38. The molecule has 0 aromatic heterocycles. The van der Waals surface area contributed by atoms with Crippen LogP contribution < -0.4 is 10.6 Å². The van der Waals surface area contributed by atoms with Crippen LogP contribution in [-0.4, -0.2) is 30.8 Å². The summed E-state index contributed by atoms with van der Waals surface area (Å²) in [6.07, 6.45) is 0. The molecule has 1 aromatic rings. The Bertz CT molecular complexity index is 346. The fraction of sp³-hybridized carbons (Fsp3) is 0.462. The minimum Gasteiger partial charge on any atom is -0.395 e. The van der Waals surface area contributed by atoms with Gasteiger partial charge in [0.05, 0.1) is 13.2 Å². The number of hydrogen-bond donors (Lipinski definition) is 3. The highest BCUT2D eigenvalue weighted by atomic mass is 16.3. The van der Waals surface area contributed by atoms with E-state index in [1.54, 1.807) is 0 Å². The van der Waals surface area contributed by atoms with Crippen LogP contribution in [0.2, 0.25) is 0 Å². The van der Waals surface area contributed by atoms with Crippen molar-refractivity contribution < 1.29 is 5.11 Å². The number of aryl methyl sites for hydroxylation is 1. The van der Waals surface area contributed by atoms with Gasteiger partial charge in [0, 0.05) is 13.1 Å². The summed E-state index contributed by atoms with van der Waals surface area (Å²) in [4.78, 5) is 4.43. The predicted octanol–water partition coefficient (Wildman–Crippen LogP) is 1.04. The zero-order valence-electron chi connectivity index (χ0n) is 10.5. The van der Waals surface area contributed by atoms with Crippen LogP contribution in [0.25, 0.3) is 0 Å². The molecule has 0 aliphatic heterocycles. The van der Waals surface area contributed by atoms with Crippen molar-refractivity contribution in [3.63, 3.8) is 0 Å². The summed E-state index contributed by atoms with van der Waals surface area (Å²) < 4.78 is 0. The molecule has 0 amide bonds. The molecule has 0 heterocycles. The van der Waals surface area contributed by atoms with Crippen LogP contribution in [0, 0.1) is 6.92 Å². The quantitative estimate of drug-likeness (QED) is 0.528. The van der Waals surface area contributed by atoms with Crippen molar-refractivity contribution in [1.82, 2.24) is 10.6 Å². The van der Waals surface area contributed by atoms with Gasteiger partial charge in [0.25, 0.3) is 0 Å². The number of nitrogens with zero attached hydrogens (tertiary/aromatic N) is 1. The fourth-order valence-electron chi connectivity index (χ4n) is 1.38. The number of benzene rings is 1. The van der Waals surface area contributed by atoms with Gasteiger partial charge in [-0.15, -0.1) is 0 Å². The number of nitrogens with one attached hydrogen (secondary N) is 2. The van der Waals surface area contributed by atoms with E-state index in [1.165, 1.54) is 11.1 Å². The molecule has 0 saturated heterocycles. The monoisotopic (exact) mass is 235 g/mol. The van der Waals surface area contributed by atoms with E-state index in [0.29, 0.717) is 13.1 Å². The molecule has 4 heteroatoms. The van der Waals surface area contributed by atoms with E-state index in [9.17, 15) is 0 Å². The van der Waals surface area contributed by atoms with Crippen molar-refractivity contribution in [3.05, 3.63) is 35.4 Å². The summed E-state index contributed by atoms with van der Waals surface area (Å²) in [5, 5.41) is 14.9. The standard InChI is InChI=1S/C13H21N3O/c1-3-14-13(15-8-9-17)16-10-12-6-4-11(2)5-7-12/h4-7,17H,3,8-10H2,1-2H3,(H2,14,15,16). The first-order chi connectivity index (χ1) is 8.26. The second-order valence-electron chi connectivity index (χ2n) is 3.83. The van der Waals surface area contributed by atoms with E-state index < -0.39 is 0 Å². The van der Waals surface area contributed by atoms with Crippen molar-refractivity contribution in [2.45, 2.75) is 20.4 Å². The molecule has 0 saturated carbocycles. The largest absolute Gasteiger partial charge is 0.395 e. The maximum atomic E-state index is 8.75. The minimum absolute atomic E-state index is 0.106. The predicted molar refractivity (Wildman–Crippen MR) is 71.1 cm³/mol. The number of rotatable bonds is 5. The van der Waals surface area contributed by atoms with Crippen LogP contribution in [0.3, 0.4) is 0 Å². The molecule has 0 atom stereocenters. The van der Waals surface area contributed by atoms with Gasteiger partial charge in [-0.25, -0.2) is 4.99 Å². The highest BCUT2D eigenvalue weighted by Gasteiger charge is 1.96. The van der Waals surface area contributed by atoms with Gasteiger partial charge in [-0.2, -0.15) is 0 Å². The molecule has 1 aromatic carbocycles. The van der Waals surface area contributed by atoms with E-state index in [4.69, 9.17) is 5.11 Å². The Labute approximate surface area is 103 Å². The van der Waals surface area contributed by atoms with Gasteiger partial charge in [0.15, 0.2) is 5.96 Å². The molecule has 3 N–H and O–H groups in total. The minimum atomic E-state index is 0.106. The Morgan fingerprint density at radius 2 is 1.94 bits per heavy atom. The highest BCUT2D eigenvalue weighted by Crippen LogP contribution is 2.04. The van der Waals surface area contributed by atoms with E-state index in [0.717, 1.165) is 12.5 Å². The van der Waals surface area contributed by atoms with Crippen molar-refractivity contribution >= 4 is 5.96 Å². The molecular formula is C13H21N3O. The molecule has 17 heavy (non-hydrogen) atoms. The molecule has 4 nitrogen and oxygen atoms in total. The summed E-state index contributed by atoms with van der Waals surface area (Å²) in [5.74, 6) is 0.738. The van der Waals surface area contributed by atoms with E-state index in [2.05, 4.69) is 46.8 Å². The topological polar surface area (TPSA) is 56.7 Å². The molecule has 1 rings (SSSR count). The van der Waals surface area contributed by atoms with Crippen molar-refractivity contribution in [2.24, 2.45) is 4.99 Å². The lowest BCUT2D eigenvalue weighted by atomic mass is 10.1. The lowest BCUT2D eigenvalue weighted by Crippen LogP contribution is -2.38. The summed E-state index contributed by atoms with van der Waals surface area (Å²) in [6, 6.07) is 8.32. The van der Waals surface area contributed by atoms with Crippen LogP contribution in [0.1, 0.15) is 18.1 Å². The molecule has 0 bridgehead atoms. The van der Waals surface area contributed by atoms with Crippen LogP contribution in [0.4, 0.5) is 0 Å². The Balaban J connectivity index is 2.55. The van der Waals surface area contributed by atoms with Gasteiger partial charge >= 0.3 is 0 Å². The summed E-state index contributed by atoms with van der Waals surface area (Å²) in [6.45, 7) is 6.16. The normalized spacial score (nSPS) is 11.4. The number of guanidine groups is 1. The summed E-state index contributed by atoms with van der Waals surface area (Å²) >= 11 is 0. The Morgan fingerprint density at radius 1 is 1.24 bits per heavy atom. The number of aliphatic hydroxyl groups excluding tert-OH is 1. The van der Waals surface area contributed by atoms with Crippen molar-refractivity contribution in [3.8, 4) is 0 Å². The molecule has 0 fully saturated rings. The smallest absolute Gasteiger partial charge is 0.191 e. The molecular weight excluding hydrogens is 214 g/mol. The maximum Gasteiger partial charge on any atom is 0.191 e. The summed E-state index contributed by atoms with van der Waals surface area (Å²) in [7, 11) is 0. The first-order valence-electron chi connectivity index (χ1n) is 5.95. The zero-order chi connectivity index (χ0) is 12.5. The zero-order valence-corrected chi connectivity index (χ0v) is 10.5. The lowest BCUT2D eigenvalue weighted by Gasteiger charge is -2.09. The average molecular weight is 235 g/mol. The maximum absolute atomic E-state index is 8.75. The lowest BCUT2D eigenvalue weighted by molar-refractivity contribution is 0.300. The molecule has 0 aliphatic rings. The summed E-state index contributed by atoms with van der Waals surface area (Å²) in [5.41, 5.74) is 2.43. The highest BCUT2D eigenvalue weighted by molar-refractivity contribution is 5.79. The van der Waals surface area contributed by atoms with Crippen LogP contribution >= 0.6 is 0 Å². The van der Waals surface area contributed by atoms with Gasteiger partial charge in [-0.1, -0.05) is 29.8 Å². The third-order valence-corrected chi connectivity index (χ3v) is 2.29. The van der Waals surface area contributed by atoms with Crippen LogP contribution in [-0.2, 0) is 6.54 Å². The van der Waals surface area contributed by atoms with Crippen LogP contribution in [0.15, 0.2) is 29.3 Å². The Hall–Kier alpha value is -1.55. The van der Waals surface area contributed by atoms with E-state index in [1.807, 2.05) is 6.92 Å². The third-order valence-electron chi connectivity index (χ3n) is 2.29. The molecule has 0 radical (unpaired) electrons. The molecule has 0 spiro atoms. The average Bonchev–Trinajstić information content (AvgIpc) is 2.35. The van der Waals surface area contributed by atoms with Crippen LogP contribution in [0.5, 0.6) is 0 Å². The second kappa shape index (κ2) is 7.68.